The third kappa shape index (κ3) is 11.7. The molecule has 1 aliphatic carbocycles. The number of benzene rings is 1. The highest BCUT2D eigenvalue weighted by atomic mass is 32.1. The van der Waals surface area contributed by atoms with Crippen molar-refractivity contribution in [2.75, 3.05) is 33.0 Å². The number of halogens is 1. The summed E-state index contributed by atoms with van der Waals surface area (Å²) in [7, 11) is 0. The van der Waals surface area contributed by atoms with Crippen LogP contribution >= 0.6 is 11.3 Å². The molecule has 51 heavy (non-hydrogen) atoms. The van der Waals surface area contributed by atoms with Crippen LogP contribution in [0.3, 0.4) is 0 Å². The number of carbonyl (C=O) groups excluding carboxylic acids is 3. The van der Waals surface area contributed by atoms with Gasteiger partial charge in [-0.3, -0.25) is 14.4 Å². The Bertz CT molecular complexity index is 1460. The van der Waals surface area contributed by atoms with E-state index in [4.69, 9.17) is 14.2 Å². The maximum Gasteiger partial charge on any atom is 0.258 e. The number of thiazole rings is 1. The van der Waals surface area contributed by atoms with E-state index in [1.54, 1.807) is 26.3 Å². The summed E-state index contributed by atoms with van der Waals surface area (Å²) in [4.78, 5) is 46.7. The third-order valence-corrected chi connectivity index (χ3v) is 10.2. The van der Waals surface area contributed by atoms with Gasteiger partial charge in [-0.05, 0) is 56.6 Å². The molecule has 2 aliphatic rings. The number of unbranched alkanes of at least 4 members (excludes halogenated alkanes) is 4. The minimum atomic E-state index is -1.95. The van der Waals surface area contributed by atoms with Crippen molar-refractivity contribution in [1.29, 1.82) is 0 Å². The fourth-order valence-corrected chi connectivity index (χ4v) is 6.82. The van der Waals surface area contributed by atoms with Crippen LogP contribution in [0.15, 0.2) is 23.7 Å². The molecule has 2 aromatic rings. The topological polar surface area (TPSA) is 160 Å². The SMILES string of the molecule is CCOC(O)COCCCCCCCOc1cc(-c2scnc2C)ccc1CNC(=O)[C@@H]1C[C@@H](O)CN1C(=O)[C@@H](NC(=O)C1(F)CC1)C(C)(C)C. The standard InChI is InChI=1S/C37H55FN4O8S/c1-6-49-30(44)22-48-16-10-8-7-9-11-17-50-29-18-25(31-24(2)40-23-51-31)12-13-26(29)20-39-33(45)28-19-27(43)21-42(28)34(46)32(36(3,4)5)41-35(47)37(38)14-15-37/h12-13,18,23,27-28,30,32,43-44H,6-11,14-17,19-22H2,1-5H3,(H,39,45)(H,41,47)/t27-,28+,30?,32-/m1/s1. The van der Waals surface area contributed by atoms with E-state index < -0.39 is 53.3 Å². The smallest absolute Gasteiger partial charge is 0.258 e. The van der Waals surface area contributed by atoms with Gasteiger partial charge < -0.3 is 40.0 Å². The third-order valence-electron chi connectivity index (χ3n) is 9.19. The Morgan fingerprint density at radius 3 is 2.49 bits per heavy atom. The lowest BCUT2D eigenvalue weighted by molar-refractivity contribution is -0.145. The van der Waals surface area contributed by atoms with Gasteiger partial charge in [-0.1, -0.05) is 52.2 Å². The van der Waals surface area contributed by atoms with Crippen LogP contribution in [0, 0.1) is 12.3 Å². The molecule has 0 radical (unpaired) electrons. The van der Waals surface area contributed by atoms with Crippen molar-refractivity contribution in [1.82, 2.24) is 20.5 Å². The van der Waals surface area contributed by atoms with Gasteiger partial charge >= 0.3 is 0 Å². The average molecular weight is 735 g/mol. The molecule has 2 heterocycles. The van der Waals surface area contributed by atoms with E-state index in [2.05, 4.69) is 15.6 Å². The summed E-state index contributed by atoms with van der Waals surface area (Å²) in [5, 5.41) is 25.6. The minimum Gasteiger partial charge on any atom is -0.493 e. The van der Waals surface area contributed by atoms with Crippen LogP contribution in [-0.4, -0.2) is 101 Å². The van der Waals surface area contributed by atoms with Crippen molar-refractivity contribution < 1.29 is 43.2 Å². The lowest BCUT2D eigenvalue weighted by Crippen LogP contribution is -2.59. The minimum absolute atomic E-state index is 0.0454. The number of alkyl halides is 1. The second-order valence-corrected chi connectivity index (χ2v) is 15.4. The Balaban J connectivity index is 1.35. The highest BCUT2D eigenvalue weighted by molar-refractivity contribution is 7.13. The zero-order valence-corrected chi connectivity index (χ0v) is 31.4. The molecule has 3 amide bonds. The number of rotatable bonds is 20. The van der Waals surface area contributed by atoms with Gasteiger partial charge in [0, 0.05) is 38.3 Å². The maximum absolute atomic E-state index is 14.5. The van der Waals surface area contributed by atoms with Crippen molar-refractivity contribution in [2.45, 2.75) is 123 Å². The quantitative estimate of drug-likeness (QED) is 0.114. The van der Waals surface area contributed by atoms with Gasteiger partial charge in [-0.15, -0.1) is 11.3 Å². The molecule has 2 fully saturated rings. The van der Waals surface area contributed by atoms with Gasteiger partial charge in [0.25, 0.3) is 5.91 Å². The van der Waals surface area contributed by atoms with E-state index >= 15 is 0 Å². The van der Waals surface area contributed by atoms with Gasteiger partial charge in [0.2, 0.25) is 11.8 Å². The van der Waals surface area contributed by atoms with E-state index in [0.29, 0.717) is 25.6 Å². The predicted molar refractivity (Wildman–Crippen MR) is 192 cm³/mol. The van der Waals surface area contributed by atoms with Crippen molar-refractivity contribution in [3.05, 3.63) is 35.0 Å². The summed E-state index contributed by atoms with van der Waals surface area (Å²) >= 11 is 1.54. The Labute approximate surface area is 304 Å². The fraction of sp³-hybridized carbons (Fsp3) is 0.676. The molecule has 0 bridgehead atoms. The summed E-state index contributed by atoms with van der Waals surface area (Å²) in [6.45, 7) is 10.8. The van der Waals surface area contributed by atoms with E-state index in [1.165, 1.54) is 16.2 Å². The number of likely N-dealkylation sites (tertiary alicyclic amines) is 1. The second-order valence-electron chi connectivity index (χ2n) is 14.5. The Morgan fingerprint density at radius 2 is 1.84 bits per heavy atom. The van der Waals surface area contributed by atoms with E-state index in [0.717, 1.165) is 53.8 Å². The molecule has 284 valence electrons. The van der Waals surface area contributed by atoms with Crippen LogP contribution in [0.2, 0.25) is 0 Å². The fourth-order valence-electron chi connectivity index (χ4n) is 6.02. The first kappa shape index (κ1) is 40.6. The zero-order valence-electron chi connectivity index (χ0n) is 30.5. The van der Waals surface area contributed by atoms with Crippen LogP contribution in [-0.2, 0) is 30.4 Å². The van der Waals surface area contributed by atoms with Crippen molar-refractivity contribution in [3.63, 3.8) is 0 Å². The number of β-amino-alcohol motifs (C(OH)–C–C–N with tert-alkyl or cyclic N) is 1. The summed E-state index contributed by atoms with van der Waals surface area (Å²) < 4.78 is 31.3. The number of aliphatic hydroxyl groups excluding tert-OH is 2. The van der Waals surface area contributed by atoms with Crippen molar-refractivity contribution in [2.24, 2.45) is 5.41 Å². The van der Waals surface area contributed by atoms with E-state index in [-0.39, 0.29) is 39.0 Å². The second kappa shape index (κ2) is 18.5. The van der Waals surface area contributed by atoms with Gasteiger partial charge in [-0.2, -0.15) is 0 Å². The van der Waals surface area contributed by atoms with Crippen LogP contribution in [0.1, 0.15) is 90.3 Å². The Kier molecular flexibility index (Phi) is 14.8. The molecule has 4 atom stereocenters. The number of aromatic nitrogens is 1. The van der Waals surface area contributed by atoms with Crippen LogP contribution in [0.25, 0.3) is 10.4 Å². The summed E-state index contributed by atoms with van der Waals surface area (Å²) in [5.41, 5.74) is 1.71. The molecule has 0 spiro atoms. The van der Waals surface area contributed by atoms with Crippen molar-refractivity contribution in [3.8, 4) is 16.2 Å². The maximum atomic E-state index is 14.5. The number of carbonyl (C=O) groups is 3. The lowest BCUT2D eigenvalue weighted by atomic mass is 9.85. The summed E-state index contributed by atoms with van der Waals surface area (Å²) in [5.74, 6) is -1.15. The molecule has 1 saturated carbocycles. The number of aryl methyl sites for hydroxylation is 1. The highest BCUT2D eigenvalue weighted by Gasteiger charge is 2.53. The van der Waals surface area contributed by atoms with Gasteiger partial charge in [0.15, 0.2) is 12.0 Å². The zero-order chi connectivity index (χ0) is 37.2. The summed E-state index contributed by atoms with van der Waals surface area (Å²) in [6, 6.07) is 3.80. The number of ether oxygens (including phenoxy) is 3. The van der Waals surface area contributed by atoms with Gasteiger partial charge in [-0.25, -0.2) is 9.37 Å². The Morgan fingerprint density at radius 1 is 1.14 bits per heavy atom. The number of hydrogen-bond acceptors (Lipinski definition) is 10. The molecule has 4 N–H and O–H groups in total. The molecule has 12 nitrogen and oxygen atoms in total. The average Bonchev–Trinajstić information content (AvgIpc) is 3.49. The highest BCUT2D eigenvalue weighted by Crippen LogP contribution is 2.40. The predicted octanol–water partition coefficient (Wildman–Crippen LogP) is 4.43. The molecular weight excluding hydrogens is 679 g/mol. The first-order valence-corrected chi connectivity index (χ1v) is 18.9. The molecular formula is C37H55FN4O8S. The first-order chi connectivity index (χ1) is 24.2. The number of hydrogen-bond donors (Lipinski definition) is 4. The molecule has 1 aromatic heterocycles. The van der Waals surface area contributed by atoms with E-state index in [9.17, 15) is 29.0 Å². The Hall–Kier alpha value is -3.17. The lowest BCUT2D eigenvalue weighted by Gasteiger charge is -2.35. The molecule has 4 rings (SSSR count). The monoisotopic (exact) mass is 734 g/mol. The van der Waals surface area contributed by atoms with Crippen LogP contribution < -0.4 is 15.4 Å². The molecule has 1 aliphatic heterocycles. The normalized spacial score (nSPS) is 19.4. The van der Waals surface area contributed by atoms with Crippen molar-refractivity contribution >= 4 is 29.1 Å². The van der Waals surface area contributed by atoms with Gasteiger partial charge in [0.05, 0.1) is 35.4 Å². The first-order valence-electron chi connectivity index (χ1n) is 18.0. The molecule has 1 saturated heterocycles. The van der Waals surface area contributed by atoms with E-state index in [1.807, 2.05) is 32.0 Å². The number of nitrogens with zero attached hydrogens (tertiary/aromatic N) is 2. The van der Waals surface area contributed by atoms with Gasteiger partial charge in [0.1, 0.15) is 17.8 Å². The summed E-state index contributed by atoms with van der Waals surface area (Å²) in [6.07, 6.45) is 3.19. The molecule has 14 heteroatoms. The number of amides is 3. The molecule has 1 aromatic carbocycles. The largest absolute Gasteiger partial charge is 0.493 e. The molecule has 1 unspecified atom stereocenters. The number of nitrogens with one attached hydrogen (secondary N) is 2. The van der Waals surface area contributed by atoms with Crippen LogP contribution in [0.4, 0.5) is 4.39 Å². The van der Waals surface area contributed by atoms with Crippen LogP contribution in [0.5, 0.6) is 5.75 Å². The number of aliphatic hydroxyl groups is 2.